The first-order valence-electron chi connectivity index (χ1n) is 5.25. The number of hydrogen-bond acceptors (Lipinski definition) is 4. The number of pyridine rings is 1. The fraction of sp³-hybridized carbons (Fsp3) is 0.167. The van der Waals surface area contributed by atoms with Crippen molar-refractivity contribution in [3.8, 4) is 0 Å². The molecule has 0 radical (unpaired) electrons. The lowest BCUT2D eigenvalue weighted by Crippen LogP contribution is -2.13. The number of nitrogens with zero attached hydrogens (tertiary/aromatic N) is 2. The van der Waals surface area contributed by atoms with Crippen LogP contribution in [0.4, 0.5) is 11.5 Å². The molecule has 2 heterocycles. The maximum absolute atomic E-state index is 11.9. The summed E-state index contributed by atoms with van der Waals surface area (Å²) < 4.78 is 1.10. The molecular weight excluding hydrogens is 361 g/mol. The SMILES string of the molecule is CN(C)c1ccc(NC(=O)c2csc(I)c2)cn1. The molecule has 0 aliphatic rings. The van der Waals surface area contributed by atoms with Crippen molar-refractivity contribution < 1.29 is 4.79 Å². The van der Waals surface area contributed by atoms with Gasteiger partial charge in [-0.15, -0.1) is 11.3 Å². The highest BCUT2D eigenvalue weighted by atomic mass is 127. The minimum Gasteiger partial charge on any atom is -0.363 e. The van der Waals surface area contributed by atoms with E-state index in [4.69, 9.17) is 0 Å². The minimum absolute atomic E-state index is 0.103. The molecule has 4 nitrogen and oxygen atoms in total. The molecule has 0 aromatic carbocycles. The van der Waals surface area contributed by atoms with Crippen molar-refractivity contribution in [2.45, 2.75) is 0 Å². The first-order valence-corrected chi connectivity index (χ1v) is 7.21. The van der Waals surface area contributed by atoms with Gasteiger partial charge >= 0.3 is 0 Å². The van der Waals surface area contributed by atoms with Gasteiger partial charge in [0.25, 0.3) is 5.91 Å². The highest BCUT2D eigenvalue weighted by molar-refractivity contribution is 14.1. The second-order valence-electron chi connectivity index (χ2n) is 3.89. The zero-order valence-electron chi connectivity index (χ0n) is 9.98. The standard InChI is InChI=1S/C12H12IN3OS/c1-16(2)11-4-3-9(6-14-11)15-12(17)8-5-10(13)18-7-8/h3-7H,1-2H3,(H,15,17). The Bertz CT molecular complexity index is 551. The number of amides is 1. The Labute approximate surface area is 123 Å². The average molecular weight is 373 g/mol. The summed E-state index contributed by atoms with van der Waals surface area (Å²) in [5.74, 6) is 0.756. The molecule has 0 bridgehead atoms. The Balaban J connectivity index is 2.07. The summed E-state index contributed by atoms with van der Waals surface area (Å²) in [6, 6.07) is 5.58. The van der Waals surface area contributed by atoms with Crippen LogP contribution in [-0.2, 0) is 0 Å². The highest BCUT2D eigenvalue weighted by Gasteiger charge is 2.08. The fourth-order valence-corrected chi connectivity index (χ4v) is 2.68. The van der Waals surface area contributed by atoms with Crippen LogP contribution in [0.1, 0.15) is 10.4 Å². The summed E-state index contributed by atoms with van der Waals surface area (Å²) in [6.45, 7) is 0. The van der Waals surface area contributed by atoms with Gasteiger partial charge in [-0.2, -0.15) is 0 Å². The molecule has 0 aliphatic carbocycles. The van der Waals surface area contributed by atoms with Crippen molar-refractivity contribution in [3.05, 3.63) is 38.2 Å². The van der Waals surface area contributed by atoms with Gasteiger partial charge in [0.1, 0.15) is 5.82 Å². The number of hydrogen-bond donors (Lipinski definition) is 1. The number of carbonyl (C=O) groups excluding carboxylic acids is 1. The summed E-state index contributed by atoms with van der Waals surface area (Å²) in [4.78, 5) is 18.1. The van der Waals surface area contributed by atoms with Crippen LogP contribution in [0.25, 0.3) is 0 Å². The summed E-state index contributed by atoms with van der Waals surface area (Å²) in [7, 11) is 3.85. The Hall–Kier alpha value is -1.15. The second-order valence-corrected chi connectivity index (χ2v) is 6.70. The molecule has 0 saturated heterocycles. The largest absolute Gasteiger partial charge is 0.363 e. The molecule has 94 valence electrons. The summed E-state index contributed by atoms with van der Waals surface area (Å²) in [5.41, 5.74) is 1.38. The lowest BCUT2D eigenvalue weighted by Gasteiger charge is -2.11. The molecule has 2 aromatic heterocycles. The Morgan fingerprint density at radius 3 is 2.72 bits per heavy atom. The molecular formula is C12H12IN3OS. The van der Waals surface area contributed by atoms with Crippen LogP contribution in [0.2, 0.25) is 0 Å². The van der Waals surface area contributed by atoms with Crippen LogP contribution >= 0.6 is 33.9 Å². The third-order valence-electron chi connectivity index (χ3n) is 2.29. The summed E-state index contributed by atoms with van der Waals surface area (Å²) in [6.07, 6.45) is 1.66. The molecule has 2 aromatic rings. The Morgan fingerprint density at radius 2 is 2.22 bits per heavy atom. The van der Waals surface area contributed by atoms with E-state index in [9.17, 15) is 4.79 Å². The topological polar surface area (TPSA) is 45.2 Å². The predicted molar refractivity (Wildman–Crippen MR) is 83.6 cm³/mol. The molecule has 0 spiro atoms. The van der Waals surface area contributed by atoms with Crippen LogP contribution in [-0.4, -0.2) is 25.0 Å². The normalized spacial score (nSPS) is 10.2. The molecule has 1 amide bonds. The van der Waals surface area contributed by atoms with Crippen molar-refractivity contribution in [2.24, 2.45) is 0 Å². The third kappa shape index (κ3) is 3.20. The van der Waals surface area contributed by atoms with E-state index < -0.39 is 0 Å². The van der Waals surface area contributed by atoms with Gasteiger partial charge in [0, 0.05) is 19.5 Å². The average Bonchev–Trinajstić information content (AvgIpc) is 2.76. The van der Waals surface area contributed by atoms with Gasteiger partial charge in [-0.3, -0.25) is 4.79 Å². The first kappa shape index (κ1) is 13.3. The first-order chi connectivity index (χ1) is 8.56. The Morgan fingerprint density at radius 1 is 1.44 bits per heavy atom. The fourth-order valence-electron chi connectivity index (χ4n) is 1.36. The minimum atomic E-state index is -0.103. The van der Waals surface area contributed by atoms with Gasteiger partial charge in [-0.05, 0) is 40.8 Å². The van der Waals surface area contributed by atoms with E-state index in [1.807, 2.05) is 42.6 Å². The van der Waals surface area contributed by atoms with Gasteiger partial charge in [-0.25, -0.2) is 4.98 Å². The lowest BCUT2D eigenvalue weighted by molar-refractivity contribution is 0.102. The summed E-state index contributed by atoms with van der Waals surface area (Å²) >= 11 is 3.75. The van der Waals surface area contributed by atoms with Crippen molar-refractivity contribution in [1.29, 1.82) is 0 Å². The summed E-state index contributed by atoms with van der Waals surface area (Å²) in [5, 5.41) is 4.67. The molecule has 18 heavy (non-hydrogen) atoms. The Kier molecular flexibility index (Phi) is 4.18. The van der Waals surface area contributed by atoms with E-state index in [0.717, 1.165) is 8.70 Å². The van der Waals surface area contributed by atoms with E-state index in [-0.39, 0.29) is 5.91 Å². The molecule has 6 heteroatoms. The maximum Gasteiger partial charge on any atom is 0.256 e. The molecule has 0 unspecified atom stereocenters. The highest BCUT2D eigenvalue weighted by Crippen LogP contribution is 2.18. The van der Waals surface area contributed by atoms with Crippen molar-refractivity contribution in [2.75, 3.05) is 24.3 Å². The van der Waals surface area contributed by atoms with Gasteiger partial charge in [-0.1, -0.05) is 0 Å². The van der Waals surface area contributed by atoms with Crippen LogP contribution in [0.5, 0.6) is 0 Å². The number of thiophene rings is 1. The van der Waals surface area contributed by atoms with E-state index in [1.54, 1.807) is 17.5 Å². The van der Waals surface area contributed by atoms with Crippen molar-refractivity contribution in [1.82, 2.24) is 4.98 Å². The van der Waals surface area contributed by atoms with Crippen LogP contribution < -0.4 is 10.2 Å². The maximum atomic E-state index is 11.9. The number of anilines is 2. The van der Waals surface area contributed by atoms with Crippen LogP contribution in [0, 0.1) is 2.88 Å². The third-order valence-corrected chi connectivity index (χ3v) is 4.08. The molecule has 2 rings (SSSR count). The van der Waals surface area contributed by atoms with E-state index >= 15 is 0 Å². The van der Waals surface area contributed by atoms with Gasteiger partial charge in [0.15, 0.2) is 0 Å². The molecule has 0 fully saturated rings. The van der Waals surface area contributed by atoms with Crippen molar-refractivity contribution >= 4 is 51.3 Å². The van der Waals surface area contributed by atoms with Crippen LogP contribution in [0.15, 0.2) is 29.8 Å². The zero-order valence-corrected chi connectivity index (χ0v) is 12.9. The smallest absolute Gasteiger partial charge is 0.256 e. The van der Waals surface area contributed by atoms with Gasteiger partial charge in [0.2, 0.25) is 0 Å². The number of halogens is 1. The molecule has 0 saturated carbocycles. The number of carbonyl (C=O) groups is 1. The number of nitrogens with one attached hydrogen (secondary N) is 1. The quantitative estimate of drug-likeness (QED) is 0.842. The predicted octanol–water partition coefficient (Wildman–Crippen LogP) is 3.07. The monoisotopic (exact) mass is 373 g/mol. The van der Waals surface area contributed by atoms with Gasteiger partial charge in [0.05, 0.1) is 20.3 Å². The molecule has 1 N–H and O–H groups in total. The van der Waals surface area contributed by atoms with Crippen molar-refractivity contribution in [3.63, 3.8) is 0 Å². The van der Waals surface area contributed by atoms with Gasteiger partial charge < -0.3 is 10.2 Å². The van der Waals surface area contributed by atoms with E-state index in [1.165, 1.54) is 0 Å². The molecule has 0 atom stereocenters. The number of rotatable bonds is 3. The second kappa shape index (κ2) is 5.66. The zero-order chi connectivity index (χ0) is 13.1. The van der Waals surface area contributed by atoms with E-state index in [0.29, 0.717) is 11.3 Å². The lowest BCUT2D eigenvalue weighted by atomic mass is 10.3. The molecule has 0 aliphatic heterocycles. The van der Waals surface area contributed by atoms with Crippen LogP contribution in [0.3, 0.4) is 0 Å². The number of aromatic nitrogens is 1. The van der Waals surface area contributed by atoms with E-state index in [2.05, 4.69) is 32.9 Å².